The molecule has 5 heteroatoms. The standard InChI is InChI=1S/C19H22N2O3/c22-17(19-20-18(14-24-19)21-12-13-23-15-21)11-7-2-1-4-8-16-9-5-3-6-10-16/h3,5-6,9-10,12-14H,1-2,4,7-8,11,15H2. The number of ether oxygens (including phenoxy) is 1. The van der Waals surface area contributed by atoms with Crippen LogP contribution in [0.1, 0.15) is 48.4 Å². The molecule has 5 nitrogen and oxygen atoms in total. The Morgan fingerprint density at radius 3 is 2.75 bits per heavy atom. The lowest BCUT2D eigenvalue weighted by Gasteiger charge is -2.07. The fraction of sp³-hybridized carbons (Fsp3) is 0.368. The van der Waals surface area contributed by atoms with E-state index in [2.05, 4.69) is 29.2 Å². The van der Waals surface area contributed by atoms with Gasteiger partial charge in [-0.2, -0.15) is 4.98 Å². The monoisotopic (exact) mass is 326 g/mol. The summed E-state index contributed by atoms with van der Waals surface area (Å²) in [5, 5.41) is 0. The summed E-state index contributed by atoms with van der Waals surface area (Å²) < 4.78 is 10.4. The van der Waals surface area contributed by atoms with Crippen LogP contribution in [0.4, 0.5) is 5.82 Å². The minimum atomic E-state index is -0.0339. The molecule has 24 heavy (non-hydrogen) atoms. The molecular formula is C19H22N2O3. The Bertz CT molecular complexity index is 679. The van der Waals surface area contributed by atoms with Gasteiger partial charge in [0.15, 0.2) is 12.5 Å². The van der Waals surface area contributed by atoms with Crippen molar-refractivity contribution in [3.05, 3.63) is 60.5 Å². The average Bonchev–Trinajstić information content (AvgIpc) is 3.29. The van der Waals surface area contributed by atoms with Crippen LogP contribution in [-0.4, -0.2) is 17.5 Å². The van der Waals surface area contributed by atoms with Crippen LogP contribution in [0.2, 0.25) is 0 Å². The van der Waals surface area contributed by atoms with Gasteiger partial charge in [0, 0.05) is 12.6 Å². The molecule has 1 aliphatic rings. The van der Waals surface area contributed by atoms with Crippen LogP contribution in [0.3, 0.4) is 0 Å². The zero-order valence-corrected chi connectivity index (χ0v) is 13.7. The van der Waals surface area contributed by atoms with Gasteiger partial charge in [0.2, 0.25) is 5.78 Å². The Labute approximate surface area is 141 Å². The fourth-order valence-corrected chi connectivity index (χ4v) is 2.67. The Balaban J connectivity index is 1.33. The molecule has 3 rings (SSSR count). The van der Waals surface area contributed by atoms with Crippen LogP contribution in [0.15, 0.2) is 53.5 Å². The summed E-state index contributed by atoms with van der Waals surface area (Å²) in [6.07, 6.45) is 10.6. The number of carbonyl (C=O) groups excluding carboxylic acids is 1. The number of ketones is 1. The van der Waals surface area contributed by atoms with Crippen LogP contribution in [0.5, 0.6) is 0 Å². The van der Waals surface area contributed by atoms with E-state index in [4.69, 9.17) is 9.15 Å². The molecule has 0 fully saturated rings. The Hall–Kier alpha value is -2.56. The van der Waals surface area contributed by atoms with E-state index in [9.17, 15) is 4.79 Å². The highest BCUT2D eigenvalue weighted by Gasteiger charge is 2.17. The lowest BCUT2D eigenvalue weighted by atomic mass is 10.0. The van der Waals surface area contributed by atoms with E-state index in [0.29, 0.717) is 19.0 Å². The first kappa shape index (κ1) is 16.3. The van der Waals surface area contributed by atoms with Gasteiger partial charge in [0.1, 0.15) is 12.5 Å². The van der Waals surface area contributed by atoms with Gasteiger partial charge in [-0.1, -0.05) is 43.2 Å². The predicted molar refractivity (Wildman–Crippen MR) is 91.6 cm³/mol. The van der Waals surface area contributed by atoms with E-state index in [1.54, 1.807) is 17.4 Å². The first-order chi connectivity index (χ1) is 11.8. The third-order valence-electron chi connectivity index (χ3n) is 4.04. The van der Waals surface area contributed by atoms with Crippen LogP contribution < -0.4 is 4.90 Å². The van der Waals surface area contributed by atoms with Gasteiger partial charge in [-0.25, -0.2) is 0 Å². The molecule has 0 bridgehead atoms. The molecule has 0 aliphatic carbocycles. The van der Waals surface area contributed by atoms with Crippen molar-refractivity contribution in [1.82, 2.24) is 4.98 Å². The summed E-state index contributed by atoms with van der Waals surface area (Å²) in [6.45, 7) is 0.404. The van der Waals surface area contributed by atoms with E-state index in [1.165, 1.54) is 11.8 Å². The number of nitrogens with zero attached hydrogens (tertiary/aromatic N) is 2. The molecule has 2 aromatic rings. The first-order valence-electron chi connectivity index (χ1n) is 8.40. The maximum Gasteiger partial charge on any atom is 0.265 e. The maximum atomic E-state index is 12.1. The molecule has 1 aliphatic heterocycles. The Kier molecular flexibility index (Phi) is 5.66. The van der Waals surface area contributed by atoms with E-state index in [0.717, 1.165) is 32.1 Å². The number of unbranched alkanes of at least 4 members (excludes halogenated alkanes) is 3. The number of hydrogen-bond donors (Lipinski definition) is 0. The van der Waals surface area contributed by atoms with Gasteiger partial charge >= 0.3 is 0 Å². The first-order valence-corrected chi connectivity index (χ1v) is 8.40. The van der Waals surface area contributed by atoms with Crippen LogP contribution >= 0.6 is 0 Å². The quantitative estimate of drug-likeness (QED) is 0.507. The van der Waals surface area contributed by atoms with Gasteiger partial charge in [-0.3, -0.25) is 9.69 Å². The molecule has 1 aromatic heterocycles. The van der Waals surface area contributed by atoms with Gasteiger partial charge in [0.25, 0.3) is 5.89 Å². The SMILES string of the molecule is O=C(CCCCCCc1ccccc1)c1nc(N2C=COC2)co1. The highest BCUT2D eigenvalue weighted by Crippen LogP contribution is 2.18. The molecule has 2 heterocycles. The molecule has 0 saturated heterocycles. The molecule has 0 spiro atoms. The minimum absolute atomic E-state index is 0.0339. The number of aromatic nitrogens is 1. The summed E-state index contributed by atoms with van der Waals surface area (Å²) >= 11 is 0. The van der Waals surface area contributed by atoms with Crippen LogP contribution in [-0.2, 0) is 11.2 Å². The average molecular weight is 326 g/mol. The Morgan fingerprint density at radius 2 is 1.96 bits per heavy atom. The topological polar surface area (TPSA) is 55.6 Å². The second kappa shape index (κ2) is 8.34. The number of carbonyl (C=O) groups is 1. The number of Topliss-reactive ketones (excluding diaryl/α,β-unsaturated/α-hetero) is 1. The second-order valence-electron chi connectivity index (χ2n) is 5.88. The van der Waals surface area contributed by atoms with E-state index >= 15 is 0 Å². The second-order valence-corrected chi connectivity index (χ2v) is 5.88. The molecule has 0 unspecified atom stereocenters. The van der Waals surface area contributed by atoms with Crippen LogP contribution in [0, 0.1) is 0 Å². The van der Waals surface area contributed by atoms with Crippen molar-refractivity contribution >= 4 is 11.6 Å². The van der Waals surface area contributed by atoms with Crippen molar-refractivity contribution in [3.8, 4) is 0 Å². The zero-order chi connectivity index (χ0) is 16.6. The Morgan fingerprint density at radius 1 is 1.12 bits per heavy atom. The predicted octanol–water partition coefficient (Wildman–Crippen LogP) is 4.32. The number of benzene rings is 1. The van der Waals surface area contributed by atoms with Gasteiger partial charge < -0.3 is 9.15 Å². The van der Waals surface area contributed by atoms with Crippen molar-refractivity contribution in [2.24, 2.45) is 0 Å². The van der Waals surface area contributed by atoms with Crippen molar-refractivity contribution < 1.29 is 13.9 Å². The summed E-state index contributed by atoms with van der Waals surface area (Å²) in [5.41, 5.74) is 1.38. The lowest BCUT2D eigenvalue weighted by Crippen LogP contribution is -2.13. The number of aryl methyl sites for hydroxylation is 1. The van der Waals surface area contributed by atoms with E-state index < -0.39 is 0 Å². The van der Waals surface area contributed by atoms with E-state index in [-0.39, 0.29) is 11.7 Å². The summed E-state index contributed by atoms with van der Waals surface area (Å²) in [6, 6.07) is 10.5. The molecule has 0 radical (unpaired) electrons. The third kappa shape index (κ3) is 4.47. The minimum Gasteiger partial charge on any atom is -0.479 e. The zero-order valence-electron chi connectivity index (χ0n) is 13.7. The van der Waals surface area contributed by atoms with Crippen molar-refractivity contribution in [1.29, 1.82) is 0 Å². The van der Waals surface area contributed by atoms with E-state index in [1.807, 2.05) is 6.07 Å². The van der Waals surface area contributed by atoms with Crippen molar-refractivity contribution in [3.63, 3.8) is 0 Å². The maximum absolute atomic E-state index is 12.1. The highest BCUT2D eigenvalue weighted by atomic mass is 16.5. The van der Waals surface area contributed by atoms with Crippen molar-refractivity contribution in [2.75, 3.05) is 11.6 Å². The summed E-state index contributed by atoms with van der Waals surface area (Å²) in [5.74, 6) is 0.762. The number of oxazole rings is 1. The largest absolute Gasteiger partial charge is 0.479 e. The third-order valence-corrected chi connectivity index (χ3v) is 4.04. The van der Waals surface area contributed by atoms with Gasteiger partial charge in [-0.15, -0.1) is 0 Å². The molecule has 1 aromatic carbocycles. The molecule has 0 N–H and O–H groups in total. The smallest absolute Gasteiger partial charge is 0.265 e. The number of rotatable bonds is 9. The summed E-state index contributed by atoms with van der Waals surface area (Å²) in [4.78, 5) is 18.1. The lowest BCUT2D eigenvalue weighted by molar-refractivity contribution is 0.0945. The molecular weight excluding hydrogens is 304 g/mol. The fourth-order valence-electron chi connectivity index (χ4n) is 2.67. The number of hydrogen-bond acceptors (Lipinski definition) is 5. The van der Waals surface area contributed by atoms with Crippen LogP contribution in [0.25, 0.3) is 0 Å². The number of anilines is 1. The van der Waals surface area contributed by atoms with Gasteiger partial charge in [-0.05, 0) is 24.8 Å². The molecule has 0 amide bonds. The normalized spacial score (nSPS) is 13.2. The van der Waals surface area contributed by atoms with Crippen molar-refractivity contribution in [2.45, 2.75) is 38.5 Å². The summed E-state index contributed by atoms with van der Waals surface area (Å²) in [7, 11) is 0. The van der Waals surface area contributed by atoms with Gasteiger partial charge in [0.05, 0.1) is 0 Å². The molecule has 0 saturated carbocycles. The molecule has 0 atom stereocenters. The highest BCUT2D eigenvalue weighted by molar-refractivity contribution is 5.92. The molecule has 126 valence electrons.